The van der Waals surface area contributed by atoms with Crippen LogP contribution in [0.1, 0.15) is 32.3 Å². The highest BCUT2D eigenvalue weighted by Gasteiger charge is 2.31. The summed E-state index contributed by atoms with van der Waals surface area (Å²) in [5, 5.41) is 4.37. The van der Waals surface area contributed by atoms with Crippen molar-refractivity contribution in [3.05, 3.63) is 60.3 Å². The van der Waals surface area contributed by atoms with E-state index in [1.165, 1.54) is 6.92 Å². The number of allylic oxidation sites excluding steroid dienone is 2. The summed E-state index contributed by atoms with van der Waals surface area (Å²) in [6.07, 6.45) is 5.43. The van der Waals surface area contributed by atoms with E-state index >= 15 is 0 Å². The summed E-state index contributed by atoms with van der Waals surface area (Å²) in [6.45, 7) is 8.82. The normalized spacial score (nSPS) is 19.6. The predicted molar refractivity (Wildman–Crippen MR) is 125 cm³/mol. The van der Waals surface area contributed by atoms with Crippen LogP contribution in [-0.4, -0.2) is 55.9 Å². The number of hydrogen-bond donors (Lipinski definition) is 2. The molecule has 0 saturated heterocycles. The Balaban J connectivity index is 1.82. The third-order valence-electron chi connectivity index (χ3n) is 4.97. The van der Waals surface area contributed by atoms with E-state index in [1.807, 2.05) is 37.3 Å². The summed E-state index contributed by atoms with van der Waals surface area (Å²) in [6, 6.07) is 10.2. The second-order valence-electron chi connectivity index (χ2n) is 7.95. The molecule has 0 bridgehead atoms. The molecule has 0 aliphatic heterocycles. The van der Waals surface area contributed by atoms with Gasteiger partial charge in [0, 0.05) is 26.6 Å². The summed E-state index contributed by atoms with van der Waals surface area (Å²) in [7, 11) is 1.77. The average Bonchev–Trinajstić information content (AvgIpc) is 2.74. The van der Waals surface area contributed by atoms with Gasteiger partial charge in [0.1, 0.15) is 6.61 Å². The molecule has 8 nitrogen and oxygen atoms in total. The van der Waals surface area contributed by atoms with Crippen molar-refractivity contribution >= 4 is 11.9 Å². The molecule has 1 aromatic carbocycles. The number of hydroxylamine groups is 2. The number of nitrogens with two attached hydrogens (primary N) is 1. The Kier molecular flexibility index (Phi) is 10.9. The molecule has 1 fully saturated rings. The number of aliphatic imine (C=N–C) groups is 1. The molecule has 0 radical (unpaired) electrons. The Morgan fingerprint density at radius 3 is 2.72 bits per heavy atom. The van der Waals surface area contributed by atoms with Crippen molar-refractivity contribution in [2.24, 2.45) is 16.6 Å². The number of ether oxygens (including phenoxy) is 2. The van der Waals surface area contributed by atoms with Crippen molar-refractivity contribution in [2.45, 2.75) is 45.4 Å². The number of hydrogen-bond acceptors (Lipinski definition) is 6. The molecular weight excluding hydrogens is 408 g/mol. The van der Waals surface area contributed by atoms with Crippen molar-refractivity contribution in [3.8, 4) is 0 Å². The van der Waals surface area contributed by atoms with E-state index in [0.29, 0.717) is 37.5 Å². The Hall–Kier alpha value is -2.68. The number of carbonyl (C=O) groups is 1. The minimum absolute atomic E-state index is 0.00910. The Morgan fingerprint density at radius 1 is 1.38 bits per heavy atom. The first-order valence-corrected chi connectivity index (χ1v) is 10.9. The fourth-order valence-corrected chi connectivity index (χ4v) is 3.21. The van der Waals surface area contributed by atoms with Gasteiger partial charge in [-0.15, -0.1) is 0 Å². The molecule has 1 aliphatic carbocycles. The van der Waals surface area contributed by atoms with E-state index < -0.39 is 0 Å². The van der Waals surface area contributed by atoms with Crippen molar-refractivity contribution in [3.63, 3.8) is 0 Å². The second kappa shape index (κ2) is 13.7. The van der Waals surface area contributed by atoms with Gasteiger partial charge in [0.25, 0.3) is 0 Å². The molecule has 32 heavy (non-hydrogen) atoms. The van der Waals surface area contributed by atoms with Crippen LogP contribution in [0.3, 0.4) is 0 Å². The standard InChI is InChI=1S/C24H36N4O4/c1-5-9-22(14-25)27-24(31-16-20-10-7-6-8-11-20)28(4)32-17-21-12-23(13-21)30-15-18(2)26-19(3)29/h5-11,18,21,23H,1,12-17,25H2,2-4H3,(H,26,29)/b22-9+,27-24+/t18-,21-,23-/m0/s1. The highest BCUT2D eigenvalue weighted by atomic mass is 16.7. The van der Waals surface area contributed by atoms with Gasteiger partial charge < -0.3 is 20.5 Å². The molecule has 1 aliphatic rings. The van der Waals surface area contributed by atoms with E-state index in [9.17, 15) is 4.79 Å². The van der Waals surface area contributed by atoms with Crippen LogP contribution in [0.5, 0.6) is 0 Å². The van der Waals surface area contributed by atoms with E-state index in [-0.39, 0.29) is 24.6 Å². The monoisotopic (exact) mass is 444 g/mol. The molecule has 176 valence electrons. The van der Waals surface area contributed by atoms with E-state index in [1.54, 1.807) is 24.3 Å². The zero-order valence-electron chi connectivity index (χ0n) is 19.3. The summed E-state index contributed by atoms with van der Waals surface area (Å²) in [4.78, 5) is 21.5. The number of nitrogens with zero attached hydrogens (tertiary/aromatic N) is 2. The van der Waals surface area contributed by atoms with Crippen molar-refractivity contribution in [2.75, 3.05) is 26.8 Å². The molecule has 3 N–H and O–H groups in total. The summed E-state index contributed by atoms with van der Waals surface area (Å²) >= 11 is 0. The molecule has 1 amide bonds. The van der Waals surface area contributed by atoms with Gasteiger partial charge in [0.2, 0.25) is 5.91 Å². The van der Waals surface area contributed by atoms with Crippen LogP contribution in [0.15, 0.2) is 59.8 Å². The lowest BCUT2D eigenvalue weighted by atomic mass is 9.83. The SMILES string of the molecule is C=C/C=C(CN)/N=C(/OCc1ccccc1)N(C)OC[C@H]1C[C@H](OC[C@H](C)NC(C)=O)C1. The third-order valence-corrected chi connectivity index (χ3v) is 4.97. The van der Waals surface area contributed by atoms with Crippen LogP contribution in [-0.2, 0) is 25.7 Å². The number of nitrogens with one attached hydrogen (secondary N) is 1. The highest BCUT2D eigenvalue weighted by molar-refractivity contribution is 5.74. The largest absolute Gasteiger partial charge is 0.459 e. The van der Waals surface area contributed by atoms with Crippen LogP contribution < -0.4 is 11.1 Å². The van der Waals surface area contributed by atoms with Gasteiger partial charge in [0.05, 0.1) is 25.0 Å². The van der Waals surface area contributed by atoms with Gasteiger partial charge in [-0.1, -0.05) is 43.0 Å². The minimum atomic E-state index is -0.0447. The van der Waals surface area contributed by atoms with Crippen molar-refractivity contribution < 1.29 is 19.1 Å². The quantitative estimate of drug-likeness (QED) is 0.223. The van der Waals surface area contributed by atoms with Crippen LogP contribution >= 0.6 is 0 Å². The average molecular weight is 445 g/mol. The summed E-state index contributed by atoms with van der Waals surface area (Å²) in [5.74, 6) is 0.350. The van der Waals surface area contributed by atoms with E-state index in [4.69, 9.17) is 20.0 Å². The maximum absolute atomic E-state index is 11.1. The van der Waals surface area contributed by atoms with Crippen LogP contribution in [0.4, 0.5) is 0 Å². The maximum atomic E-state index is 11.1. The molecule has 0 aromatic heterocycles. The topological polar surface area (TPSA) is 98.4 Å². The van der Waals surface area contributed by atoms with Gasteiger partial charge in [-0.25, -0.2) is 5.06 Å². The molecule has 1 saturated carbocycles. The summed E-state index contributed by atoms with van der Waals surface area (Å²) in [5.41, 5.74) is 7.46. The lowest BCUT2D eigenvalue weighted by Gasteiger charge is -2.36. The first-order valence-electron chi connectivity index (χ1n) is 10.9. The van der Waals surface area contributed by atoms with Crippen LogP contribution in [0.2, 0.25) is 0 Å². The van der Waals surface area contributed by atoms with Gasteiger partial charge in [-0.2, -0.15) is 4.99 Å². The first kappa shape index (κ1) is 25.6. The Bertz CT molecular complexity index is 775. The first-order chi connectivity index (χ1) is 15.4. The smallest absolute Gasteiger partial charge is 0.317 e. The summed E-state index contributed by atoms with van der Waals surface area (Å²) < 4.78 is 11.8. The van der Waals surface area contributed by atoms with Gasteiger partial charge in [-0.05, 0) is 37.3 Å². The lowest BCUT2D eigenvalue weighted by Crippen LogP contribution is -2.41. The molecule has 1 aromatic rings. The number of rotatable bonds is 12. The fourth-order valence-electron chi connectivity index (χ4n) is 3.21. The van der Waals surface area contributed by atoms with Gasteiger partial charge >= 0.3 is 6.02 Å². The third kappa shape index (κ3) is 9.21. The molecule has 0 spiro atoms. The van der Waals surface area contributed by atoms with Gasteiger partial charge in [0.15, 0.2) is 0 Å². The molecule has 1 atom stereocenters. The lowest BCUT2D eigenvalue weighted by molar-refractivity contribution is -0.141. The van der Waals surface area contributed by atoms with E-state index in [0.717, 1.165) is 18.4 Å². The highest BCUT2D eigenvalue weighted by Crippen LogP contribution is 2.30. The number of benzene rings is 1. The maximum Gasteiger partial charge on any atom is 0.317 e. The number of carbonyl (C=O) groups excluding carboxylic acids is 1. The van der Waals surface area contributed by atoms with E-state index in [2.05, 4.69) is 16.9 Å². The second-order valence-corrected chi connectivity index (χ2v) is 7.95. The fraction of sp³-hybridized carbons (Fsp3) is 0.500. The van der Waals surface area contributed by atoms with Crippen LogP contribution in [0.25, 0.3) is 0 Å². The molecule has 8 heteroatoms. The Morgan fingerprint density at radius 2 is 2.09 bits per heavy atom. The van der Waals surface area contributed by atoms with Crippen LogP contribution in [0, 0.1) is 5.92 Å². The molecular formula is C24H36N4O4. The van der Waals surface area contributed by atoms with Crippen molar-refractivity contribution in [1.29, 1.82) is 0 Å². The van der Waals surface area contributed by atoms with Crippen molar-refractivity contribution in [1.82, 2.24) is 10.4 Å². The minimum Gasteiger partial charge on any atom is -0.459 e. The predicted octanol–water partition coefficient (Wildman–Crippen LogP) is 2.77. The zero-order chi connectivity index (χ0) is 23.3. The molecule has 0 heterocycles. The molecule has 0 unspecified atom stereocenters. The number of amides is 1. The number of amidine groups is 1. The Labute approximate surface area is 191 Å². The molecule has 2 rings (SSSR count). The zero-order valence-corrected chi connectivity index (χ0v) is 19.3. The van der Waals surface area contributed by atoms with Gasteiger partial charge in [-0.3, -0.25) is 9.63 Å².